The molecule has 21 heavy (non-hydrogen) atoms. The molecule has 2 rings (SSSR count). The zero-order chi connectivity index (χ0) is 15.4. The van der Waals surface area contributed by atoms with Crippen LogP contribution in [-0.4, -0.2) is 41.6 Å². The number of carbonyl (C=O) groups excluding carboxylic acids is 1. The van der Waals surface area contributed by atoms with E-state index in [1.807, 2.05) is 0 Å². The zero-order valence-electron chi connectivity index (χ0n) is 11.9. The van der Waals surface area contributed by atoms with Gasteiger partial charge in [-0.2, -0.15) is 0 Å². The fourth-order valence-corrected chi connectivity index (χ4v) is 3.08. The molecule has 1 amide bonds. The van der Waals surface area contributed by atoms with Gasteiger partial charge in [0.25, 0.3) is 5.91 Å². The second kappa shape index (κ2) is 6.85. The second-order valence-electron chi connectivity index (χ2n) is 5.12. The minimum Gasteiger partial charge on any atom is -0.496 e. The van der Waals surface area contributed by atoms with Crippen molar-refractivity contribution in [2.24, 2.45) is 0 Å². The average Bonchev–Trinajstić information content (AvgIpc) is 2.98. The van der Waals surface area contributed by atoms with Crippen LogP contribution in [0.15, 0.2) is 23.1 Å². The van der Waals surface area contributed by atoms with E-state index in [9.17, 15) is 9.59 Å². The lowest BCUT2D eigenvalue weighted by molar-refractivity contribution is -0.138. The van der Waals surface area contributed by atoms with Crippen LogP contribution in [0.4, 0.5) is 0 Å². The van der Waals surface area contributed by atoms with Crippen molar-refractivity contribution in [1.82, 2.24) is 4.90 Å². The van der Waals surface area contributed by atoms with Gasteiger partial charge in [0.15, 0.2) is 0 Å². The van der Waals surface area contributed by atoms with E-state index in [2.05, 4.69) is 12.6 Å². The van der Waals surface area contributed by atoms with Gasteiger partial charge < -0.3 is 14.7 Å². The molecule has 0 bridgehead atoms. The maximum absolute atomic E-state index is 12.7. The molecule has 1 saturated carbocycles. The number of ether oxygens (including phenoxy) is 1. The summed E-state index contributed by atoms with van der Waals surface area (Å²) in [6.07, 6.45) is 3.76. The number of carbonyl (C=O) groups is 2. The van der Waals surface area contributed by atoms with Crippen molar-refractivity contribution in [2.75, 3.05) is 13.7 Å². The Hall–Kier alpha value is -1.69. The summed E-state index contributed by atoms with van der Waals surface area (Å²) in [4.78, 5) is 25.7. The first kappa shape index (κ1) is 15.7. The van der Waals surface area contributed by atoms with E-state index in [0.29, 0.717) is 16.2 Å². The number of aliphatic carboxylic acids is 1. The Kier molecular flexibility index (Phi) is 5.12. The fraction of sp³-hybridized carbons (Fsp3) is 0.467. The molecule has 1 aromatic rings. The van der Waals surface area contributed by atoms with Gasteiger partial charge in [0.2, 0.25) is 0 Å². The van der Waals surface area contributed by atoms with Crippen LogP contribution in [0.2, 0.25) is 0 Å². The third-order valence-electron chi connectivity index (χ3n) is 3.78. The summed E-state index contributed by atoms with van der Waals surface area (Å²) in [6.45, 7) is -0.284. The average molecular weight is 309 g/mol. The van der Waals surface area contributed by atoms with Gasteiger partial charge >= 0.3 is 5.97 Å². The monoisotopic (exact) mass is 309 g/mol. The predicted molar refractivity (Wildman–Crippen MR) is 81.2 cm³/mol. The lowest BCUT2D eigenvalue weighted by atomic mass is 10.1. The number of benzene rings is 1. The maximum atomic E-state index is 12.7. The molecule has 0 saturated heterocycles. The molecule has 0 radical (unpaired) electrons. The third-order valence-corrected chi connectivity index (χ3v) is 4.24. The Labute approximate surface area is 129 Å². The van der Waals surface area contributed by atoms with E-state index in [4.69, 9.17) is 9.84 Å². The molecule has 1 aliphatic carbocycles. The molecule has 6 heteroatoms. The van der Waals surface area contributed by atoms with E-state index in [-0.39, 0.29) is 18.5 Å². The molecule has 0 aliphatic heterocycles. The highest BCUT2D eigenvalue weighted by atomic mass is 32.1. The number of thiol groups is 1. The van der Waals surface area contributed by atoms with Gasteiger partial charge in [-0.25, -0.2) is 0 Å². The lowest BCUT2D eigenvalue weighted by Crippen LogP contribution is -2.42. The van der Waals surface area contributed by atoms with Gasteiger partial charge in [-0.05, 0) is 25.0 Å². The number of rotatable bonds is 5. The van der Waals surface area contributed by atoms with Crippen LogP contribution in [0, 0.1) is 0 Å². The number of hydrogen-bond donors (Lipinski definition) is 2. The second-order valence-corrected chi connectivity index (χ2v) is 5.57. The number of methoxy groups -OCH3 is 1. The standard InChI is InChI=1S/C15H19NO4S/c1-20-12-8-4-7-11(14(12)21)15(19)16(9-13(17)18)10-5-2-3-6-10/h4,7-8,10,21H,2-3,5-6,9H2,1H3,(H,17,18). The molecule has 1 aliphatic rings. The molecule has 0 spiro atoms. The number of carboxylic acid groups (broad SMARTS) is 1. The van der Waals surface area contributed by atoms with Crippen LogP contribution in [0.5, 0.6) is 5.75 Å². The quantitative estimate of drug-likeness (QED) is 0.820. The van der Waals surface area contributed by atoms with Gasteiger partial charge in [0.05, 0.1) is 17.6 Å². The minimum atomic E-state index is -1.00. The molecule has 0 aromatic heterocycles. The van der Waals surface area contributed by atoms with Crippen LogP contribution >= 0.6 is 12.6 Å². The predicted octanol–water partition coefficient (Wildman–Crippen LogP) is 2.45. The Morgan fingerprint density at radius 2 is 2.05 bits per heavy atom. The van der Waals surface area contributed by atoms with Gasteiger partial charge in [-0.15, -0.1) is 12.6 Å². The minimum absolute atomic E-state index is 0.00691. The first-order chi connectivity index (χ1) is 10.0. The molecule has 0 unspecified atom stereocenters. The molecular formula is C15H19NO4S. The summed E-state index contributed by atoms with van der Waals surface area (Å²) in [5.41, 5.74) is 0.380. The summed E-state index contributed by atoms with van der Waals surface area (Å²) < 4.78 is 5.16. The molecule has 1 N–H and O–H groups in total. The normalized spacial score (nSPS) is 15.0. The Morgan fingerprint density at radius 3 is 2.62 bits per heavy atom. The topological polar surface area (TPSA) is 66.8 Å². The van der Waals surface area contributed by atoms with Crippen molar-refractivity contribution in [2.45, 2.75) is 36.6 Å². The Balaban J connectivity index is 2.31. The summed E-state index contributed by atoms with van der Waals surface area (Å²) in [5, 5.41) is 9.07. The highest BCUT2D eigenvalue weighted by Gasteiger charge is 2.30. The van der Waals surface area contributed by atoms with Crippen LogP contribution in [0.1, 0.15) is 36.0 Å². The molecule has 0 atom stereocenters. The van der Waals surface area contributed by atoms with Crippen molar-refractivity contribution in [1.29, 1.82) is 0 Å². The number of hydrogen-bond acceptors (Lipinski definition) is 4. The fourth-order valence-electron chi connectivity index (χ4n) is 2.74. The molecule has 1 aromatic carbocycles. The first-order valence-corrected chi connectivity index (χ1v) is 7.38. The summed E-state index contributed by atoms with van der Waals surface area (Å²) in [6, 6.07) is 5.07. The molecule has 5 nitrogen and oxygen atoms in total. The number of carboxylic acids is 1. The Bertz CT molecular complexity index is 540. The molecule has 114 valence electrons. The molecular weight excluding hydrogens is 290 g/mol. The zero-order valence-corrected chi connectivity index (χ0v) is 12.8. The highest BCUT2D eigenvalue weighted by molar-refractivity contribution is 7.80. The number of amides is 1. The van der Waals surface area contributed by atoms with Crippen LogP contribution in [0.25, 0.3) is 0 Å². The van der Waals surface area contributed by atoms with Crippen LogP contribution in [-0.2, 0) is 4.79 Å². The van der Waals surface area contributed by atoms with Crippen molar-refractivity contribution in [3.8, 4) is 5.75 Å². The summed E-state index contributed by atoms with van der Waals surface area (Å²) in [7, 11) is 1.51. The van der Waals surface area contributed by atoms with E-state index >= 15 is 0 Å². The van der Waals surface area contributed by atoms with Gasteiger partial charge in [-0.3, -0.25) is 9.59 Å². The number of nitrogens with zero attached hydrogens (tertiary/aromatic N) is 1. The van der Waals surface area contributed by atoms with E-state index in [1.165, 1.54) is 12.0 Å². The Morgan fingerprint density at radius 1 is 1.38 bits per heavy atom. The smallest absolute Gasteiger partial charge is 0.323 e. The molecule has 0 heterocycles. The SMILES string of the molecule is COc1cccc(C(=O)N(CC(=O)O)C2CCCC2)c1S. The highest BCUT2D eigenvalue weighted by Crippen LogP contribution is 2.30. The largest absolute Gasteiger partial charge is 0.496 e. The van der Waals surface area contributed by atoms with Crippen molar-refractivity contribution in [3.63, 3.8) is 0 Å². The van der Waals surface area contributed by atoms with Crippen molar-refractivity contribution < 1.29 is 19.4 Å². The molecule has 1 fully saturated rings. The van der Waals surface area contributed by atoms with Gasteiger partial charge in [0, 0.05) is 6.04 Å². The summed E-state index contributed by atoms with van der Waals surface area (Å²) >= 11 is 4.34. The van der Waals surface area contributed by atoms with Crippen molar-refractivity contribution in [3.05, 3.63) is 23.8 Å². The van der Waals surface area contributed by atoms with Crippen LogP contribution in [0.3, 0.4) is 0 Å². The van der Waals surface area contributed by atoms with Crippen molar-refractivity contribution >= 4 is 24.5 Å². The van der Waals surface area contributed by atoms with Gasteiger partial charge in [0.1, 0.15) is 12.3 Å². The van der Waals surface area contributed by atoms with E-state index < -0.39 is 5.97 Å². The van der Waals surface area contributed by atoms with E-state index in [1.54, 1.807) is 18.2 Å². The maximum Gasteiger partial charge on any atom is 0.323 e. The van der Waals surface area contributed by atoms with Crippen LogP contribution < -0.4 is 4.74 Å². The van der Waals surface area contributed by atoms with Gasteiger partial charge in [-0.1, -0.05) is 18.9 Å². The first-order valence-electron chi connectivity index (χ1n) is 6.93. The summed E-state index contributed by atoms with van der Waals surface area (Å²) in [5.74, 6) is -0.794. The lowest BCUT2D eigenvalue weighted by Gasteiger charge is -2.28. The van der Waals surface area contributed by atoms with E-state index in [0.717, 1.165) is 25.7 Å². The third kappa shape index (κ3) is 3.50.